The summed E-state index contributed by atoms with van der Waals surface area (Å²) in [5, 5.41) is 18.2. The van der Waals surface area contributed by atoms with Crippen LogP contribution < -0.4 is 0 Å². The fourth-order valence-electron chi connectivity index (χ4n) is 3.84. The molecule has 0 aliphatic heterocycles. The Kier molecular flexibility index (Phi) is 8.68. The second-order valence-corrected chi connectivity index (χ2v) is 13.2. The maximum absolute atomic E-state index is 13.6. The van der Waals surface area contributed by atoms with E-state index in [1.54, 1.807) is 24.3 Å². The van der Waals surface area contributed by atoms with Gasteiger partial charge in [0.25, 0.3) is 11.4 Å². The number of nitrogens with zero attached hydrogens (tertiary/aromatic N) is 4. The lowest BCUT2D eigenvalue weighted by Gasteiger charge is -2.15. The highest BCUT2D eigenvalue weighted by molar-refractivity contribution is 7.33. The van der Waals surface area contributed by atoms with Gasteiger partial charge < -0.3 is 0 Å². The predicted octanol–water partition coefficient (Wildman–Crippen LogP) is 11.3. The minimum Gasteiger partial charge on any atom is -0.227 e. The summed E-state index contributed by atoms with van der Waals surface area (Å²) in [6.07, 6.45) is -6.76. The third-order valence-corrected chi connectivity index (χ3v) is 11.1. The van der Waals surface area contributed by atoms with Gasteiger partial charge >= 0.3 is 12.4 Å². The van der Waals surface area contributed by atoms with E-state index in [0.717, 1.165) is 58.1 Å². The highest BCUT2D eigenvalue weighted by Crippen LogP contribution is 2.49. The van der Waals surface area contributed by atoms with E-state index < -0.39 is 24.2 Å². The highest BCUT2D eigenvalue weighted by atomic mass is 32.1. The largest absolute Gasteiger partial charge is 0.395 e. The van der Waals surface area contributed by atoms with Crippen molar-refractivity contribution in [3.05, 3.63) is 79.4 Å². The van der Waals surface area contributed by atoms with Crippen LogP contribution in [-0.4, -0.2) is 12.4 Å². The minimum atomic E-state index is -4.53. The Bertz CT molecular complexity index is 1700. The Hall–Kier alpha value is -3.92. The van der Waals surface area contributed by atoms with E-state index in [1.165, 1.54) is 34.8 Å². The van der Waals surface area contributed by atoms with Crippen molar-refractivity contribution < 1.29 is 26.3 Å². The average Bonchev–Trinajstić information content (AvgIpc) is 3.70. The van der Waals surface area contributed by atoms with Gasteiger partial charge in [0.2, 0.25) is 0 Å². The topological polar surface area (TPSA) is 56.3 Å². The Morgan fingerprint density at radius 2 is 1.02 bits per heavy atom. The van der Waals surface area contributed by atoms with E-state index in [0.29, 0.717) is 19.5 Å². The molecule has 4 heterocycles. The number of allylic oxidation sites excluding steroid dienone is 2. The summed E-state index contributed by atoms with van der Waals surface area (Å²) >= 11 is 4.68. The molecule has 4 rings (SSSR count). The molecule has 212 valence electrons. The van der Waals surface area contributed by atoms with Crippen LogP contribution in [0.25, 0.3) is 50.8 Å². The molecule has 0 spiro atoms. The van der Waals surface area contributed by atoms with Crippen LogP contribution in [0.2, 0.25) is 0 Å². The van der Waals surface area contributed by atoms with Gasteiger partial charge in [0.15, 0.2) is 0 Å². The molecule has 0 aliphatic carbocycles. The zero-order chi connectivity index (χ0) is 31.0. The van der Waals surface area contributed by atoms with Gasteiger partial charge in [-0.25, -0.2) is 20.2 Å². The second-order valence-electron chi connectivity index (χ2n) is 8.84. The molecule has 0 aromatic carbocycles. The summed E-state index contributed by atoms with van der Waals surface area (Å²) in [7, 11) is 0. The van der Waals surface area contributed by atoms with Gasteiger partial charge in [-0.15, -0.1) is 45.3 Å². The second kappa shape index (κ2) is 11.8. The SMILES string of the molecule is [C-]#[N+]/C(C#N)=C\c1sc(-c2cc3sc(-c4cc(C(C)C(F)(F)F)c(/C=C(\C#N)[N+]#[C-])s4)cc3s2)cc1C(C)C(F)(F)F. The van der Waals surface area contributed by atoms with Crippen molar-refractivity contribution >= 4 is 66.9 Å². The van der Waals surface area contributed by atoms with Crippen LogP contribution in [0.15, 0.2) is 35.7 Å². The van der Waals surface area contributed by atoms with Crippen molar-refractivity contribution in [3.63, 3.8) is 0 Å². The number of alkyl halides is 6. The van der Waals surface area contributed by atoms with Crippen LogP contribution in [0.3, 0.4) is 0 Å². The molecule has 0 radical (unpaired) electrons. The van der Waals surface area contributed by atoms with Crippen LogP contribution in [-0.2, 0) is 0 Å². The maximum atomic E-state index is 13.6. The lowest BCUT2D eigenvalue weighted by Crippen LogP contribution is -2.17. The molecule has 4 nitrogen and oxygen atoms in total. The summed E-state index contributed by atoms with van der Waals surface area (Å²) in [5.74, 6) is -3.65. The maximum Gasteiger partial charge on any atom is 0.395 e. The first-order valence-corrected chi connectivity index (χ1v) is 14.9. The van der Waals surface area contributed by atoms with Gasteiger partial charge in [0, 0.05) is 38.7 Å². The minimum absolute atomic E-state index is 0.0435. The number of hydrogen-bond acceptors (Lipinski definition) is 6. The van der Waals surface area contributed by atoms with Crippen LogP contribution in [0.4, 0.5) is 26.3 Å². The van der Waals surface area contributed by atoms with E-state index >= 15 is 0 Å². The highest BCUT2D eigenvalue weighted by Gasteiger charge is 2.40. The summed E-state index contributed by atoms with van der Waals surface area (Å²) in [5.41, 5.74) is -0.757. The normalized spacial score (nSPS) is 14.2. The average molecular weight is 649 g/mol. The van der Waals surface area contributed by atoms with Crippen LogP contribution in [0.1, 0.15) is 46.6 Å². The lowest BCUT2D eigenvalue weighted by atomic mass is 10.0. The van der Waals surface area contributed by atoms with Gasteiger partial charge in [-0.1, -0.05) is 0 Å². The summed E-state index contributed by atoms with van der Waals surface area (Å²) in [6, 6.07) is 9.75. The number of fused-ring (bicyclic) bond motifs is 1. The van der Waals surface area contributed by atoms with Crippen molar-refractivity contribution in [1.82, 2.24) is 0 Å². The monoisotopic (exact) mass is 648 g/mol. The Morgan fingerprint density at radius 1 is 0.690 bits per heavy atom. The Labute approximate surface area is 252 Å². The van der Waals surface area contributed by atoms with E-state index in [9.17, 15) is 26.3 Å². The molecular weight excluding hydrogens is 635 g/mol. The summed E-state index contributed by atoms with van der Waals surface area (Å²) in [4.78, 5) is 8.83. The van der Waals surface area contributed by atoms with Crippen molar-refractivity contribution in [2.24, 2.45) is 0 Å². The quantitative estimate of drug-likeness (QED) is 0.119. The third-order valence-electron chi connectivity index (χ3n) is 6.20. The fraction of sp³-hybridized carbons (Fsp3) is 0.214. The molecule has 2 unspecified atom stereocenters. The first kappa shape index (κ1) is 31.0. The van der Waals surface area contributed by atoms with Gasteiger partial charge in [0.1, 0.15) is 0 Å². The molecule has 4 aromatic heterocycles. The van der Waals surface area contributed by atoms with E-state index in [4.69, 9.17) is 23.7 Å². The molecule has 0 N–H and O–H groups in total. The Morgan fingerprint density at radius 3 is 1.31 bits per heavy atom. The number of thiophene rings is 4. The van der Waals surface area contributed by atoms with Crippen LogP contribution in [0, 0.1) is 35.8 Å². The molecule has 0 aliphatic rings. The molecular formula is C28H14F6N4S4. The zero-order valence-corrected chi connectivity index (χ0v) is 24.6. The predicted molar refractivity (Wildman–Crippen MR) is 156 cm³/mol. The van der Waals surface area contributed by atoms with Crippen molar-refractivity contribution in [3.8, 4) is 31.6 Å². The van der Waals surface area contributed by atoms with Gasteiger partial charge in [-0.2, -0.15) is 26.3 Å². The zero-order valence-electron chi connectivity index (χ0n) is 21.3. The van der Waals surface area contributed by atoms with Crippen molar-refractivity contribution in [2.75, 3.05) is 0 Å². The number of nitriles is 2. The Balaban J connectivity index is 1.77. The van der Waals surface area contributed by atoms with Crippen molar-refractivity contribution in [1.29, 1.82) is 10.5 Å². The van der Waals surface area contributed by atoms with Crippen LogP contribution >= 0.6 is 45.3 Å². The molecule has 0 fully saturated rings. The molecule has 0 saturated heterocycles. The number of hydrogen-bond donors (Lipinski definition) is 0. The van der Waals surface area contributed by atoms with E-state index in [-0.39, 0.29) is 32.3 Å². The first-order chi connectivity index (χ1) is 19.7. The van der Waals surface area contributed by atoms with E-state index in [2.05, 4.69) is 9.69 Å². The molecule has 0 bridgehead atoms. The van der Waals surface area contributed by atoms with Gasteiger partial charge in [-0.05, 0) is 61.4 Å². The van der Waals surface area contributed by atoms with Crippen LogP contribution in [0.5, 0.6) is 0 Å². The molecule has 4 aromatic rings. The van der Waals surface area contributed by atoms with Gasteiger partial charge in [-0.3, -0.25) is 0 Å². The smallest absolute Gasteiger partial charge is 0.227 e. The molecule has 0 saturated carbocycles. The molecule has 0 amide bonds. The number of rotatable bonds is 6. The lowest BCUT2D eigenvalue weighted by molar-refractivity contribution is -0.147. The third kappa shape index (κ3) is 6.28. The number of halogens is 6. The fourth-order valence-corrected chi connectivity index (χ4v) is 8.77. The first-order valence-electron chi connectivity index (χ1n) is 11.6. The summed E-state index contributed by atoms with van der Waals surface area (Å²) < 4.78 is 83.0. The van der Waals surface area contributed by atoms with E-state index in [1.807, 2.05) is 0 Å². The molecule has 14 heteroatoms. The summed E-state index contributed by atoms with van der Waals surface area (Å²) in [6.45, 7) is 16.2. The van der Waals surface area contributed by atoms with Crippen molar-refractivity contribution in [2.45, 2.75) is 38.0 Å². The molecule has 42 heavy (non-hydrogen) atoms. The standard InChI is InChI=1S/C28H14F6N4S4/c1-13(27(29,30)31)17-7-21(39-19(17)5-15(11-35)37-3)23-9-25-26(41-23)10-24(42-25)22-8-18(14(2)28(32,33)34)20(40-22)6-16(12-36)38-4/h5-10,13-14H,1-2H3/b15-5-,16-6+. The molecule has 2 atom stereocenters. The van der Waals surface area contributed by atoms with Gasteiger partial charge in [0.05, 0.1) is 37.1 Å².